The van der Waals surface area contributed by atoms with Crippen LogP contribution in [0, 0.1) is 5.82 Å². The molecule has 0 unspecified atom stereocenters. The first-order chi connectivity index (χ1) is 8.84. The normalized spacial score (nSPS) is 12.1. The second-order valence-corrected chi connectivity index (χ2v) is 7.26. The van der Waals surface area contributed by atoms with Crippen LogP contribution < -0.4 is 0 Å². The maximum absolute atomic E-state index is 13.5. The number of hydrogen-bond acceptors (Lipinski definition) is 4. The lowest BCUT2D eigenvalue weighted by atomic mass is 10.2. The summed E-state index contributed by atoms with van der Waals surface area (Å²) in [7, 11) is -2.35. The van der Waals surface area contributed by atoms with Gasteiger partial charge in [-0.1, -0.05) is 11.6 Å². The minimum atomic E-state index is -3.77. The molecule has 0 aromatic heterocycles. The Kier molecular flexibility index (Phi) is 6.07. The standard InChI is InChI=1S/C11H15ClFNO3S2/c1-14(3-4-18-2)19(16,17)9-5-8(7-15)11(12)10(13)6-9/h5-6,15H,3-4,7H2,1-2H3. The van der Waals surface area contributed by atoms with Crippen molar-refractivity contribution in [2.24, 2.45) is 0 Å². The van der Waals surface area contributed by atoms with Crippen molar-refractivity contribution in [2.45, 2.75) is 11.5 Å². The highest BCUT2D eigenvalue weighted by Gasteiger charge is 2.23. The van der Waals surface area contributed by atoms with Crippen LogP contribution in [0.25, 0.3) is 0 Å². The molecule has 0 spiro atoms. The van der Waals surface area contributed by atoms with Crippen LogP contribution in [0.3, 0.4) is 0 Å². The molecule has 0 aliphatic carbocycles. The fourth-order valence-corrected chi connectivity index (χ4v) is 3.38. The van der Waals surface area contributed by atoms with Gasteiger partial charge in [-0.3, -0.25) is 0 Å². The number of thioether (sulfide) groups is 1. The second-order valence-electron chi connectivity index (χ2n) is 3.86. The van der Waals surface area contributed by atoms with Gasteiger partial charge >= 0.3 is 0 Å². The van der Waals surface area contributed by atoms with Gasteiger partial charge in [-0.25, -0.2) is 17.1 Å². The minimum absolute atomic E-state index is 0.0542. The van der Waals surface area contributed by atoms with Crippen molar-refractivity contribution >= 4 is 33.4 Å². The molecule has 1 rings (SSSR count). The highest BCUT2D eigenvalue weighted by molar-refractivity contribution is 7.98. The molecule has 1 aromatic carbocycles. The van der Waals surface area contributed by atoms with Gasteiger partial charge in [0.15, 0.2) is 0 Å². The second kappa shape index (κ2) is 6.90. The molecule has 0 saturated heterocycles. The highest BCUT2D eigenvalue weighted by Crippen LogP contribution is 2.26. The molecule has 1 N–H and O–H groups in total. The third-order valence-corrected chi connectivity index (χ3v) is 5.41. The molecule has 0 aliphatic rings. The van der Waals surface area contributed by atoms with Crippen molar-refractivity contribution in [3.05, 3.63) is 28.5 Å². The third-order valence-electron chi connectivity index (χ3n) is 2.57. The molecule has 1 aromatic rings. The van der Waals surface area contributed by atoms with Crippen LogP contribution in [0.15, 0.2) is 17.0 Å². The Morgan fingerprint density at radius 2 is 2.11 bits per heavy atom. The van der Waals surface area contributed by atoms with Gasteiger partial charge in [-0.05, 0) is 18.4 Å². The van der Waals surface area contributed by atoms with Gasteiger partial charge in [0.1, 0.15) is 5.82 Å². The Hall–Kier alpha value is -0.340. The fourth-order valence-electron chi connectivity index (χ4n) is 1.40. The molecule has 0 heterocycles. The van der Waals surface area contributed by atoms with Crippen LogP contribution in [-0.4, -0.2) is 43.4 Å². The van der Waals surface area contributed by atoms with Gasteiger partial charge in [0.05, 0.1) is 16.5 Å². The molecule has 4 nitrogen and oxygen atoms in total. The Morgan fingerprint density at radius 1 is 1.47 bits per heavy atom. The predicted octanol–water partition coefficient (Wildman–Crippen LogP) is 1.95. The molecule has 0 saturated carbocycles. The average molecular weight is 328 g/mol. The summed E-state index contributed by atoms with van der Waals surface area (Å²) in [5, 5.41) is 8.79. The monoisotopic (exact) mass is 327 g/mol. The quantitative estimate of drug-likeness (QED) is 0.867. The number of rotatable bonds is 6. The first-order valence-electron chi connectivity index (χ1n) is 5.38. The van der Waals surface area contributed by atoms with E-state index in [9.17, 15) is 12.8 Å². The average Bonchev–Trinajstić information content (AvgIpc) is 2.38. The Balaban J connectivity index is 3.18. The lowest BCUT2D eigenvalue weighted by Gasteiger charge is -2.17. The van der Waals surface area contributed by atoms with E-state index in [4.69, 9.17) is 16.7 Å². The lowest BCUT2D eigenvalue weighted by Crippen LogP contribution is -2.29. The van der Waals surface area contributed by atoms with Crippen LogP contribution in [0.5, 0.6) is 0 Å². The molecule has 8 heteroatoms. The van der Waals surface area contributed by atoms with E-state index in [-0.39, 0.29) is 15.5 Å². The molecule has 0 amide bonds. The molecule has 0 radical (unpaired) electrons. The summed E-state index contributed by atoms with van der Waals surface area (Å²) in [4.78, 5) is -0.206. The number of aliphatic hydroxyl groups is 1. The zero-order valence-corrected chi connectivity index (χ0v) is 12.9. The van der Waals surface area contributed by atoms with E-state index in [1.807, 2.05) is 6.26 Å². The smallest absolute Gasteiger partial charge is 0.242 e. The Labute approximate surface area is 121 Å². The summed E-state index contributed by atoms with van der Waals surface area (Å²) in [5.41, 5.74) is 0.0542. The van der Waals surface area contributed by atoms with Gasteiger partial charge in [0, 0.05) is 24.9 Å². The first-order valence-corrected chi connectivity index (χ1v) is 8.59. The van der Waals surface area contributed by atoms with Gasteiger partial charge in [-0.2, -0.15) is 11.8 Å². The van der Waals surface area contributed by atoms with Crippen molar-refractivity contribution in [3.63, 3.8) is 0 Å². The molecule has 0 bridgehead atoms. The molecular formula is C11H15ClFNO3S2. The van der Waals surface area contributed by atoms with E-state index in [0.29, 0.717) is 12.3 Å². The molecule has 0 aliphatic heterocycles. The van der Waals surface area contributed by atoms with Crippen LogP contribution in [-0.2, 0) is 16.6 Å². The van der Waals surface area contributed by atoms with Gasteiger partial charge in [0.2, 0.25) is 10.0 Å². The van der Waals surface area contributed by atoms with Crippen LogP contribution >= 0.6 is 23.4 Å². The zero-order chi connectivity index (χ0) is 14.6. The van der Waals surface area contributed by atoms with Crippen molar-refractivity contribution < 1.29 is 17.9 Å². The summed E-state index contributed by atoms with van der Waals surface area (Å²) in [6.45, 7) is -0.199. The molecule has 108 valence electrons. The fraction of sp³-hybridized carbons (Fsp3) is 0.455. The number of sulfonamides is 1. The summed E-state index contributed by atoms with van der Waals surface area (Å²) in [6, 6.07) is 2.06. The highest BCUT2D eigenvalue weighted by atomic mass is 35.5. The summed E-state index contributed by atoms with van der Waals surface area (Å²) in [5.74, 6) is -0.219. The summed E-state index contributed by atoms with van der Waals surface area (Å²) < 4.78 is 39.1. The zero-order valence-electron chi connectivity index (χ0n) is 10.6. The number of halogens is 2. The van der Waals surface area contributed by atoms with E-state index in [2.05, 4.69) is 0 Å². The van der Waals surface area contributed by atoms with Crippen LogP contribution in [0.4, 0.5) is 4.39 Å². The largest absolute Gasteiger partial charge is 0.392 e. The van der Waals surface area contributed by atoms with Crippen molar-refractivity contribution in [2.75, 3.05) is 25.6 Å². The number of hydrogen-bond donors (Lipinski definition) is 1. The first kappa shape index (κ1) is 16.7. The number of nitrogens with zero attached hydrogens (tertiary/aromatic N) is 1. The van der Waals surface area contributed by atoms with Crippen molar-refractivity contribution in [3.8, 4) is 0 Å². The van der Waals surface area contributed by atoms with E-state index < -0.39 is 22.4 Å². The van der Waals surface area contributed by atoms with Gasteiger partial charge < -0.3 is 5.11 Å². The molecular weight excluding hydrogens is 313 g/mol. The van der Waals surface area contributed by atoms with Gasteiger partial charge in [-0.15, -0.1) is 0 Å². The van der Waals surface area contributed by atoms with Gasteiger partial charge in [0.25, 0.3) is 0 Å². The van der Waals surface area contributed by atoms with Crippen LogP contribution in [0.2, 0.25) is 5.02 Å². The predicted molar refractivity (Wildman–Crippen MR) is 75.5 cm³/mol. The molecule has 0 atom stereocenters. The summed E-state index contributed by atoms with van der Waals surface area (Å²) >= 11 is 7.15. The summed E-state index contributed by atoms with van der Waals surface area (Å²) in [6.07, 6.45) is 1.87. The van der Waals surface area contributed by atoms with E-state index in [1.165, 1.54) is 24.9 Å². The van der Waals surface area contributed by atoms with E-state index in [1.54, 1.807) is 0 Å². The van der Waals surface area contributed by atoms with Crippen LogP contribution in [0.1, 0.15) is 5.56 Å². The van der Waals surface area contributed by atoms with E-state index in [0.717, 1.165) is 10.4 Å². The number of benzene rings is 1. The Bertz CT molecular complexity index is 551. The third kappa shape index (κ3) is 3.82. The maximum atomic E-state index is 13.5. The van der Waals surface area contributed by atoms with Crippen molar-refractivity contribution in [1.82, 2.24) is 4.31 Å². The molecule has 19 heavy (non-hydrogen) atoms. The Morgan fingerprint density at radius 3 is 2.63 bits per heavy atom. The SMILES string of the molecule is CSCCN(C)S(=O)(=O)c1cc(F)c(Cl)c(CO)c1. The minimum Gasteiger partial charge on any atom is -0.392 e. The topological polar surface area (TPSA) is 57.6 Å². The van der Waals surface area contributed by atoms with E-state index >= 15 is 0 Å². The maximum Gasteiger partial charge on any atom is 0.242 e. The lowest BCUT2D eigenvalue weighted by molar-refractivity contribution is 0.281. The number of aliphatic hydroxyl groups excluding tert-OH is 1. The van der Waals surface area contributed by atoms with Crippen molar-refractivity contribution in [1.29, 1.82) is 0 Å². The molecule has 0 fully saturated rings.